The van der Waals surface area contributed by atoms with Gasteiger partial charge in [0, 0.05) is 25.6 Å². The number of aliphatic hydroxyl groups excluding tert-OH is 1. The summed E-state index contributed by atoms with van der Waals surface area (Å²) in [7, 11) is 0. The average molecular weight is 384 g/mol. The number of ether oxygens (including phenoxy) is 2. The van der Waals surface area contributed by atoms with Crippen molar-refractivity contribution >= 4 is 11.8 Å². The lowest BCUT2D eigenvalue weighted by Gasteiger charge is -2.48. The summed E-state index contributed by atoms with van der Waals surface area (Å²) in [5.41, 5.74) is -0.606. The molecule has 1 saturated heterocycles. The lowest BCUT2D eigenvalue weighted by molar-refractivity contribution is -0.155. The van der Waals surface area contributed by atoms with Gasteiger partial charge in [-0.2, -0.15) is 8.78 Å². The van der Waals surface area contributed by atoms with Crippen LogP contribution in [0.3, 0.4) is 0 Å². The minimum atomic E-state index is -2.99. The Labute approximate surface area is 155 Å². The normalized spacial score (nSPS) is 24.5. The van der Waals surface area contributed by atoms with E-state index in [9.17, 15) is 23.5 Å². The van der Waals surface area contributed by atoms with E-state index in [4.69, 9.17) is 4.74 Å². The van der Waals surface area contributed by atoms with Crippen LogP contribution >= 0.6 is 0 Å². The van der Waals surface area contributed by atoms with Crippen LogP contribution in [0, 0.1) is 0 Å². The first kappa shape index (κ1) is 19.3. The lowest BCUT2D eigenvalue weighted by atomic mass is 9.85. The lowest BCUT2D eigenvalue weighted by Crippen LogP contribution is -2.59. The van der Waals surface area contributed by atoms with E-state index in [1.54, 1.807) is 13.8 Å². The van der Waals surface area contributed by atoms with Crippen LogP contribution in [-0.4, -0.2) is 64.7 Å². The highest BCUT2D eigenvalue weighted by Crippen LogP contribution is 2.44. The minimum Gasteiger partial charge on any atom is -0.485 e. The number of nitrogens with zero attached hydrogens (tertiary/aromatic N) is 2. The standard InChI is InChI=1S/C18H22F2N2O5/c1-10(23)21-6-7-22(14(24)9-21)15-12-8-11(26-17(19)20)4-5-13(12)27-18(2,3)16(15)25/h4-5,8,15-17,25H,6-7,9H2,1-3H3. The summed E-state index contributed by atoms with van der Waals surface area (Å²) in [5, 5.41) is 10.9. The first-order valence-corrected chi connectivity index (χ1v) is 8.61. The molecular formula is C18H22F2N2O5. The van der Waals surface area contributed by atoms with Gasteiger partial charge in [-0.1, -0.05) is 0 Å². The molecule has 27 heavy (non-hydrogen) atoms. The number of hydrogen-bond donors (Lipinski definition) is 1. The fourth-order valence-corrected chi connectivity index (χ4v) is 3.51. The molecule has 9 heteroatoms. The zero-order chi connectivity index (χ0) is 19.9. The van der Waals surface area contributed by atoms with E-state index in [2.05, 4.69) is 4.74 Å². The van der Waals surface area contributed by atoms with Gasteiger partial charge in [-0.05, 0) is 32.0 Å². The van der Waals surface area contributed by atoms with E-state index in [-0.39, 0.29) is 30.7 Å². The first-order chi connectivity index (χ1) is 12.6. The summed E-state index contributed by atoms with van der Waals surface area (Å²) in [6.45, 7) is 2.22. The molecule has 0 saturated carbocycles. The predicted octanol–water partition coefficient (Wildman–Crippen LogP) is 1.55. The largest absolute Gasteiger partial charge is 0.485 e. The summed E-state index contributed by atoms with van der Waals surface area (Å²) in [5.74, 6) is -0.231. The van der Waals surface area contributed by atoms with E-state index in [0.29, 0.717) is 17.9 Å². The van der Waals surface area contributed by atoms with Gasteiger partial charge in [0.1, 0.15) is 23.2 Å². The molecule has 2 aliphatic heterocycles. The maximum atomic E-state index is 12.7. The third-order valence-electron chi connectivity index (χ3n) is 4.95. The van der Waals surface area contributed by atoms with Gasteiger partial charge in [-0.3, -0.25) is 9.59 Å². The highest BCUT2D eigenvalue weighted by atomic mass is 19.3. The van der Waals surface area contributed by atoms with Crippen LogP contribution in [0.5, 0.6) is 11.5 Å². The van der Waals surface area contributed by atoms with Crippen molar-refractivity contribution in [3.05, 3.63) is 23.8 Å². The van der Waals surface area contributed by atoms with Gasteiger partial charge < -0.3 is 24.4 Å². The van der Waals surface area contributed by atoms with Gasteiger partial charge in [-0.25, -0.2) is 0 Å². The first-order valence-electron chi connectivity index (χ1n) is 8.61. The maximum absolute atomic E-state index is 12.7. The number of amides is 2. The number of benzene rings is 1. The highest BCUT2D eigenvalue weighted by Gasteiger charge is 2.47. The molecule has 2 amide bonds. The quantitative estimate of drug-likeness (QED) is 0.856. The number of hydrogen-bond acceptors (Lipinski definition) is 5. The van der Waals surface area contributed by atoms with Crippen LogP contribution in [0.15, 0.2) is 18.2 Å². The number of carbonyl (C=O) groups is 2. The number of piperazine rings is 1. The number of rotatable bonds is 3. The summed E-state index contributed by atoms with van der Waals surface area (Å²) in [6.07, 6.45) is -1.10. The number of carbonyl (C=O) groups excluding carboxylic acids is 2. The summed E-state index contributed by atoms with van der Waals surface area (Å²) in [4.78, 5) is 27.1. The molecule has 1 aromatic rings. The highest BCUT2D eigenvalue weighted by molar-refractivity contribution is 5.85. The van der Waals surface area contributed by atoms with Gasteiger partial charge in [0.15, 0.2) is 0 Å². The molecule has 148 valence electrons. The van der Waals surface area contributed by atoms with E-state index < -0.39 is 24.4 Å². The fraction of sp³-hybridized carbons (Fsp3) is 0.556. The second-order valence-corrected chi connectivity index (χ2v) is 7.20. The van der Waals surface area contributed by atoms with E-state index in [0.717, 1.165) is 0 Å². The smallest absolute Gasteiger partial charge is 0.387 e. The van der Waals surface area contributed by atoms with Crippen LogP contribution in [-0.2, 0) is 9.59 Å². The molecule has 3 rings (SSSR count). The Bertz CT molecular complexity index is 755. The molecule has 0 bridgehead atoms. The van der Waals surface area contributed by atoms with Crippen LogP contribution < -0.4 is 9.47 Å². The molecule has 0 aromatic heterocycles. The third-order valence-corrected chi connectivity index (χ3v) is 4.95. The van der Waals surface area contributed by atoms with E-state index in [1.165, 1.54) is 34.9 Å². The molecule has 2 heterocycles. The number of halogens is 2. The molecule has 1 fully saturated rings. The number of aliphatic hydroxyl groups is 1. The SMILES string of the molecule is CC(=O)N1CCN(C2c3cc(OC(F)F)ccc3OC(C)(C)C2O)C(=O)C1. The second kappa shape index (κ2) is 6.95. The van der Waals surface area contributed by atoms with Crippen LogP contribution in [0.2, 0.25) is 0 Å². The van der Waals surface area contributed by atoms with Crippen molar-refractivity contribution in [2.45, 2.75) is 45.1 Å². The zero-order valence-corrected chi connectivity index (χ0v) is 15.3. The molecule has 2 unspecified atom stereocenters. The van der Waals surface area contributed by atoms with Crippen LogP contribution in [0.1, 0.15) is 32.4 Å². The van der Waals surface area contributed by atoms with Crippen molar-refractivity contribution in [3.63, 3.8) is 0 Å². The number of fused-ring (bicyclic) bond motifs is 1. The van der Waals surface area contributed by atoms with Crippen molar-refractivity contribution in [3.8, 4) is 11.5 Å². The van der Waals surface area contributed by atoms with Gasteiger partial charge in [0.05, 0.1) is 12.6 Å². The summed E-state index contributed by atoms with van der Waals surface area (Å²) in [6, 6.07) is 3.40. The molecule has 7 nitrogen and oxygen atoms in total. The Kier molecular flexibility index (Phi) is 4.98. The van der Waals surface area contributed by atoms with Crippen molar-refractivity contribution in [1.29, 1.82) is 0 Å². The zero-order valence-electron chi connectivity index (χ0n) is 15.3. The molecular weight excluding hydrogens is 362 g/mol. The summed E-state index contributed by atoms with van der Waals surface area (Å²) < 4.78 is 35.4. The van der Waals surface area contributed by atoms with Gasteiger partial charge in [0.2, 0.25) is 11.8 Å². The van der Waals surface area contributed by atoms with Crippen molar-refractivity contribution in [2.24, 2.45) is 0 Å². The monoisotopic (exact) mass is 384 g/mol. The minimum absolute atomic E-state index is 0.0842. The molecule has 0 spiro atoms. The topological polar surface area (TPSA) is 79.3 Å². The van der Waals surface area contributed by atoms with Crippen molar-refractivity contribution in [1.82, 2.24) is 9.80 Å². The second-order valence-electron chi connectivity index (χ2n) is 7.20. The molecule has 1 aromatic carbocycles. The molecule has 0 aliphatic carbocycles. The summed E-state index contributed by atoms with van der Waals surface area (Å²) >= 11 is 0. The Balaban J connectivity index is 1.98. The van der Waals surface area contributed by atoms with Crippen LogP contribution in [0.25, 0.3) is 0 Å². The predicted molar refractivity (Wildman–Crippen MR) is 90.5 cm³/mol. The van der Waals surface area contributed by atoms with Gasteiger partial charge >= 0.3 is 6.61 Å². The maximum Gasteiger partial charge on any atom is 0.387 e. The number of alkyl halides is 2. The molecule has 0 radical (unpaired) electrons. The Morgan fingerprint density at radius 1 is 1.37 bits per heavy atom. The van der Waals surface area contributed by atoms with E-state index in [1.807, 2.05) is 0 Å². The Hall–Kier alpha value is -2.42. The molecule has 2 aliphatic rings. The van der Waals surface area contributed by atoms with Crippen LogP contribution in [0.4, 0.5) is 8.78 Å². The van der Waals surface area contributed by atoms with Gasteiger partial charge in [-0.15, -0.1) is 0 Å². The van der Waals surface area contributed by atoms with E-state index >= 15 is 0 Å². The molecule has 2 atom stereocenters. The third kappa shape index (κ3) is 3.69. The van der Waals surface area contributed by atoms with Crippen molar-refractivity contribution in [2.75, 3.05) is 19.6 Å². The Morgan fingerprint density at radius 2 is 2.07 bits per heavy atom. The molecule has 1 N–H and O–H groups in total. The average Bonchev–Trinajstić information content (AvgIpc) is 2.56. The van der Waals surface area contributed by atoms with Crippen molar-refractivity contribution < 1.29 is 33.0 Å². The Morgan fingerprint density at radius 3 is 2.67 bits per heavy atom. The fourth-order valence-electron chi connectivity index (χ4n) is 3.51. The van der Waals surface area contributed by atoms with Gasteiger partial charge in [0.25, 0.3) is 0 Å².